The van der Waals surface area contributed by atoms with E-state index in [1.807, 2.05) is 0 Å². The molecule has 0 fully saturated rings. The van der Waals surface area contributed by atoms with Gasteiger partial charge in [-0.15, -0.1) is 0 Å². The Bertz CT molecular complexity index is 446. The van der Waals surface area contributed by atoms with Crippen LogP contribution >= 0.6 is 0 Å². The molecule has 0 heterocycles. The highest BCUT2D eigenvalue weighted by Crippen LogP contribution is 2.28. The van der Waals surface area contributed by atoms with E-state index in [-0.39, 0.29) is 18.0 Å². The first-order valence-electron chi connectivity index (χ1n) is 4.82. The third-order valence-electron chi connectivity index (χ3n) is 2.11. The van der Waals surface area contributed by atoms with Crippen LogP contribution in [0.5, 0.6) is 5.75 Å². The number of benzene rings is 1. The Morgan fingerprint density at radius 1 is 1.65 bits per heavy atom. The van der Waals surface area contributed by atoms with Crippen LogP contribution in [0.1, 0.15) is 12.5 Å². The van der Waals surface area contributed by atoms with Crippen LogP contribution in [0.3, 0.4) is 0 Å². The number of hydrogen-bond acceptors (Lipinski definition) is 5. The second kappa shape index (κ2) is 5.26. The van der Waals surface area contributed by atoms with Gasteiger partial charge < -0.3 is 15.6 Å². The predicted molar refractivity (Wildman–Crippen MR) is 58.7 cm³/mol. The van der Waals surface area contributed by atoms with E-state index in [0.29, 0.717) is 5.56 Å². The van der Waals surface area contributed by atoms with Crippen molar-refractivity contribution >= 4 is 11.7 Å². The zero-order valence-corrected chi connectivity index (χ0v) is 9.12. The first-order chi connectivity index (χ1) is 7.95. The van der Waals surface area contributed by atoms with Gasteiger partial charge >= 0.3 is 11.7 Å². The van der Waals surface area contributed by atoms with Gasteiger partial charge in [0.2, 0.25) is 0 Å². The lowest BCUT2D eigenvalue weighted by Crippen LogP contribution is -2.23. The highest BCUT2D eigenvalue weighted by Gasteiger charge is 2.20. The summed E-state index contributed by atoms with van der Waals surface area (Å²) in [6.07, 6.45) is -1.16. The molecule has 0 bridgehead atoms. The molecule has 0 amide bonds. The van der Waals surface area contributed by atoms with E-state index < -0.39 is 17.0 Å². The summed E-state index contributed by atoms with van der Waals surface area (Å²) < 4.78 is 4.99. The summed E-state index contributed by atoms with van der Waals surface area (Å²) in [4.78, 5) is 20.7. The summed E-state index contributed by atoms with van der Waals surface area (Å²) in [6.45, 7) is 1.46. The summed E-state index contributed by atoms with van der Waals surface area (Å²) in [5, 5.41) is 19.4. The highest BCUT2D eigenvalue weighted by atomic mass is 16.6. The Morgan fingerprint density at radius 2 is 2.29 bits per heavy atom. The molecular formula is C10H12N2O5. The largest absolute Gasteiger partial charge is 0.479 e. The van der Waals surface area contributed by atoms with Crippen molar-refractivity contribution < 1.29 is 19.6 Å². The number of ether oxygens (including phenoxy) is 1. The summed E-state index contributed by atoms with van der Waals surface area (Å²) in [7, 11) is 0. The SMILES string of the molecule is CC(Oc1ccc(CN)cc1[N+](=O)[O-])C(=O)O. The lowest BCUT2D eigenvalue weighted by Gasteiger charge is -2.10. The van der Waals surface area contributed by atoms with Crippen LogP contribution in [0, 0.1) is 10.1 Å². The van der Waals surface area contributed by atoms with Gasteiger partial charge in [-0.1, -0.05) is 6.07 Å². The maximum atomic E-state index is 10.8. The second-order valence-electron chi connectivity index (χ2n) is 3.36. The third kappa shape index (κ3) is 3.15. The molecule has 0 aliphatic rings. The van der Waals surface area contributed by atoms with E-state index in [9.17, 15) is 14.9 Å². The normalized spacial score (nSPS) is 11.9. The first kappa shape index (κ1) is 12.9. The van der Waals surface area contributed by atoms with Crippen molar-refractivity contribution in [3.05, 3.63) is 33.9 Å². The molecule has 1 unspecified atom stereocenters. The van der Waals surface area contributed by atoms with Crippen molar-refractivity contribution in [3.63, 3.8) is 0 Å². The monoisotopic (exact) mass is 240 g/mol. The van der Waals surface area contributed by atoms with Crippen molar-refractivity contribution in [2.45, 2.75) is 19.6 Å². The highest BCUT2D eigenvalue weighted by molar-refractivity contribution is 5.72. The van der Waals surface area contributed by atoms with Crippen LogP contribution in [-0.4, -0.2) is 22.1 Å². The number of carbonyl (C=O) groups is 1. The van der Waals surface area contributed by atoms with Crippen molar-refractivity contribution in [1.82, 2.24) is 0 Å². The average molecular weight is 240 g/mol. The summed E-state index contributed by atoms with van der Waals surface area (Å²) >= 11 is 0. The maximum absolute atomic E-state index is 10.8. The minimum Gasteiger partial charge on any atom is -0.479 e. The van der Waals surface area contributed by atoms with Gasteiger partial charge in [0.15, 0.2) is 11.9 Å². The third-order valence-corrected chi connectivity index (χ3v) is 2.11. The fourth-order valence-corrected chi connectivity index (χ4v) is 1.17. The fourth-order valence-electron chi connectivity index (χ4n) is 1.17. The molecule has 0 saturated carbocycles. The van der Waals surface area contributed by atoms with E-state index in [4.69, 9.17) is 15.6 Å². The van der Waals surface area contributed by atoms with Crippen molar-refractivity contribution in [2.75, 3.05) is 0 Å². The second-order valence-corrected chi connectivity index (χ2v) is 3.36. The number of nitrogens with two attached hydrogens (primary N) is 1. The van der Waals surface area contributed by atoms with E-state index in [1.165, 1.54) is 19.1 Å². The molecular weight excluding hydrogens is 228 g/mol. The van der Waals surface area contributed by atoms with Crippen molar-refractivity contribution in [2.24, 2.45) is 5.73 Å². The van der Waals surface area contributed by atoms with Gasteiger partial charge in [-0.2, -0.15) is 0 Å². The molecule has 0 spiro atoms. The Morgan fingerprint density at radius 3 is 2.76 bits per heavy atom. The zero-order valence-electron chi connectivity index (χ0n) is 9.12. The molecule has 7 heteroatoms. The molecule has 0 saturated heterocycles. The lowest BCUT2D eigenvalue weighted by molar-refractivity contribution is -0.386. The standard InChI is InChI=1S/C10H12N2O5/c1-6(10(13)14)17-9-3-2-7(5-11)4-8(9)12(15)16/h2-4,6H,5,11H2,1H3,(H,13,14). The zero-order chi connectivity index (χ0) is 13.0. The molecule has 1 rings (SSSR count). The van der Waals surface area contributed by atoms with E-state index in [0.717, 1.165) is 0 Å². The average Bonchev–Trinajstić information content (AvgIpc) is 2.29. The number of carboxylic acid groups (broad SMARTS) is 1. The van der Waals surface area contributed by atoms with Gasteiger partial charge in [-0.25, -0.2) is 4.79 Å². The molecule has 1 aromatic rings. The first-order valence-corrected chi connectivity index (χ1v) is 4.82. The smallest absolute Gasteiger partial charge is 0.344 e. The van der Waals surface area contributed by atoms with Crippen LogP contribution in [0.2, 0.25) is 0 Å². The summed E-state index contributed by atoms with van der Waals surface area (Å²) in [5.41, 5.74) is 5.65. The number of rotatable bonds is 5. The topological polar surface area (TPSA) is 116 Å². The summed E-state index contributed by atoms with van der Waals surface area (Å²) in [5.74, 6) is -1.27. The Labute approximate surface area is 97.0 Å². The molecule has 7 nitrogen and oxygen atoms in total. The van der Waals surface area contributed by atoms with Gasteiger partial charge in [-0.05, 0) is 18.6 Å². The van der Waals surface area contributed by atoms with Crippen LogP contribution in [0.4, 0.5) is 5.69 Å². The number of nitro benzene ring substituents is 1. The van der Waals surface area contributed by atoms with Gasteiger partial charge in [0.05, 0.1) is 4.92 Å². The molecule has 92 valence electrons. The van der Waals surface area contributed by atoms with E-state index in [1.54, 1.807) is 6.07 Å². The van der Waals surface area contributed by atoms with Crippen molar-refractivity contribution in [1.29, 1.82) is 0 Å². The lowest BCUT2D eigenvalue weighted by atomic mass is 10.2. The molecule has 0 radical (unpaired) electrons. The summed E-state index contributed by atoms with van der Waals surface area (Å²) in [6, 6.07) is 4.17. The minimum atomic E-state index is -1.19. The van der Waals surface area contributed by atoms with E-state index in [2.05, 4.69) is 0 Å². The quantitative estimate of drug-likeness (QED) is 0.583. The van der Waals surface area contributed by atoms with Crippen LogP contribution in [0.15, 0.2) is 18.2 Å². The molecule has 17 heavy (non-hydrogen) atoms. The molecule has 0 aromatic heterocycles. The predicted octanol–water partition coefficient (Wildman–Crippen LogP) is 0.905. The van der Waals surface area contributed by atoms with Crippen molar-refractivity contribution in [3.8, 4) is 5.75 Å². The molecule has 0 aliphatic heterocycles. The van der Waals surface area contributed by atoms with Crippen LogP contribution in [-0.2, 0) is 11.3 Å². The Balaban J connectivity index is 3.06. The van der Waals surface area contributed by atoms with Gasteiger partial charge in [-0.3, -0.25) is 10.1 Å². The minimum absolute atomic E-state index is 0.0814. The maximum Gasteiger partial charge on any atom is 0.344 e. The number of nitro groups is 1. The van der Waals surface area contributed by atoms with Crippen LogP contribution < -0.4 is 10.5 Å². The Hall–Kier alpha value is -2.15. The molecule has 3 N–H and O–H groups in total. The van der Waals surface area contributed by atoms with E-state index >= 15 is 0 Å². The molecule has 1 atom stereocenters. The van der Waals surface area contributed by atoms with Gasteiger partial charge in [0.1, 0.15) is 0 Å². The number of nitrogens with zero attached hydrogens (tertiary/aromatic N) is 1. The van der Waals surface area contributed by atoms with Crippen LogP contribution in [0.25, 0.3) is 0 Å². The van der Waals surface area contributed by atoms with Gasteiger partial charge in [0.25, 0.3) is 0 Å². The molecule has 0 aliphatic carbocycles. The Kier molecular flexibility index (Phi) is 4.00. The molecule has 1 aromatic carbocycles. The number of carboxylic acids is 1. The number of aliphatic carboxylic acids is 1. The van der Waals surface area contributed by atoms with Gasteiger partial charge in [0, 0.05) is 12.6 Å². The fraction of sp³-hybridized carbons (Fsp3) is 0.300. The number of hydrogen-bond donors (Lipinski definition) is 2.